The van der Waals surface area contributed by atoms with Crippen LogP contribution in [-0.2, 0) is 32.2 Å². The first kappa shape index (κ1) is 43.5. The number of ketones is 2. The zero-order chi connectivity index (χ0) is 43.1. The topological polar surface area (TPSA) is 232 Å². The third kappa shape index (κ3) is 9.93. The van der Waals surface area contributed by atoms with Crippen molar-refractivity contribution in [1.29, 1.82) is 0 Å². The lowest BCUT2D eigenvalue weighted by Gasteiger charge is -2.15. The normalized spacial score (nSPS) is 11.2. The Kier molecular flexibility index (Phi) is 13.8. The molecule has 0 bridgehead atoms. The lowest BCUT2D eigenvalue weighted by atomic mass is 10.1. The minimum Gasteiger partial charge on any atom is -0.474 e. The van der Waals surface area contributed by atoms with Gasteiger partial charge in [-0.25, -0.2) is 28.5 Å². The molecule has 16 nitrogen and oxygen atoms in total. The summed E-state index contributed by atoms with van der Waals surface area (Å²) in [6.45, 7) is 6.66. The maximum absolute atomic E-state index is 13.3. The van der Waals surface area contributed by atoms with E-state index in [4.69, 9.17) is 36.0 Å². The average Bonchev–Trinajstić information content (AvgIpc) is 3.72. The zero-order valence-electron chi connectivity index (χ0n) is 32.7. The summed E-state index contributed by atoms with van der Waals surface area (Å²) >= 11 is 0. The molecule has 4 heterocycles. The maximum Gasteiger partial charge on any atom is 0.289 e. The molecule has 6 rings (SSSR count). The van der Waals surface area contributed by atoms with Gasteiger partial charge in [0.2, 0.25) is 11.8 Å². The Morgan fingerprint density at radius 2 is 1.08 bits per heavy atom. The Morgan fingerprint density at radius 3 is 1.46 bits per heavy atom. The summed E-state index contributed by atoms with van der Waals surface area (Å²) in [6.07, 6.45) is 2.44. The second-order valence-electron chi connectivity index (χ2n) is 13.3. The van der Waals surface area contributed by atoms with E-state index in [0.29, 0.717) is 46.6 Å². The van der Waals surface area contributed by atoms with Crippen molar-refractivity contribution in [3.05, 3.63) is 129 Å². The second kappa shape index (κ2) is 18.8. The summed E-state index contributed by atoms with van der Waals surface area (Å²) in [6, 6.07) is 12.1. The Hall–Kier alpha value is -6.60. The monoisotopic (exact) mass is 816 g/mol. The van der Waals surface area contributed by atoms with Gasteiger partial charge < -0.3 is 40.0 Å². The van der Waals surface area contributed by atoms with Gasteiger partial charge in [0.1, 0.15) is 42.5 Å². The van der Waals surface area contributed by atoms with Crippen LogP contribution >= 0.6 is 0 Å². The van der Waals surface area contributed by atoms with Gasteiger partial charge >= 0.3 is 0 Å². The number of Topliss-reactive ketones (excluding diaryl/α,β-unsaturated/α-hetero) is 2. The molecule has 4 aromatic heterocycles. The van der Waals surface area contributed by atoms with E-state index >= 15 is 0 Å². The average molecular weight is 817 g/mol. The van der Waals surface area contributed by atoms with Crippen LogP contribution in [0.4, 0.5) is 8.78 Å². The second-order valence-corrected chi connectivity index (χ2v) is 13.3. The number of nitrogens with zero attached hydrogens (tertiary/aromatic N) is 4. The van der Waals surface area contributed by atoms with Crippen molar-refractivity contribution in [2.75, 3.05) is 26.9 Å². The maximum atomic E-state index is 13.3. The van der Waals surface area contributed by atoms with Crippen LogP contribution in [0.1, 0.15) is 65.7 Å². The molecule has 0 spiro atoms. The van der Waals surface area contributed by atoms with Gasteiger partial charge in [-0.1, -0.05) is 24.3 Å². The van der Waals surface area contributed by atoms with Gasteiger partial charge in [0, 0.05) is 36.6 Å². The van der Waals surface area contributed by atoms with Gasteiger partial charge in [0.05, 0.1) is 29.6 Å². The van der Waals surface area contributed by atoms with Gasteiger partial charge in [-0.2, -0.15) is 0 Å². The minimum atomic E-state index is -1.75. The number of aryl methyl sites for hydroxylation is 4. The van der Waals surface area contributed by atoms with Crippen molar-refractivity contribution >= 4 is 34.4 Å². The number of aliphatic hydroxyl groups is 2. The molecule has 0 radical (unpaired) electrons. The number of hydrogen-bond donors (Lipinski definition) is 4. The Bertz CT molecular complexity index is 2530. The Labute approximate surface area is 335 Å². The molecule has 0 unspecified atom stereocenters. The molecule has 0 aliphatic rings. The highest BCUT2D eigenvalue weighted by Crippen LogP contribution is 2.32. The van der Waals surface area contributed by atoms with Crippen LogP contribution in [0.3, 0.4) is 0 Å². The number of fused-ring (bicyclic) bond motifs is 2. The van der Waals surface area contributed by atoms with Crippen molar-refractivity contribution in [2.45, 2.75) is 46.8 Å². The molecule has 59 heavy (non-hydrogen) atoms. The highest BCUT2D eigenvalue weighted by Gasteiger charge is 2.28. The fraction of sp³-hybridized carbons (Fsp3) is 0.268. The molecule has 0 saturated carbocycles. The zero-order valence-corrected chi connectivity index (χ0v) is 32.7. The van der Waals surface area contributed by atoms with E-state index in [1.54, 1.807) is 66.2 Å². The van der Waals surface area contributed by atoms with E-state index in [2.05, 4.69) is 14.9 Å². The number of carbonyl (C=O) groups excluding carboxylic acids is 4. The van der Waals surface area contributed by atoms with Gasteiger partial charge in [-0.15, -0.1) is 0 Å². The number of amides is 2. The molecule has 0 aliphatic carbocycles. The third-order valence-corrected chi connectivity index (χ3v) is 9.11. The molecular weight excluding hydrogens is 774 g/mol. The number of primary amides is 2. The first-order valence-electron chi connectivity index (χ1n) is 18.0. The van der Waals surface area contributed by atoms with Crippen LogP contribution in [-0.4, -0.2) is 85.6 Å². The van der Waals surface area contributed by atoms with Gasteiger partial charge in [0.25, 0.3) is 23.4 Å². The van der Waals surface area contributed by atoms with Crippen molar-refractivity contribution in [2.24, 2.45) is 11.5 Å². The first-order valence-corrected chi connectivity index (χ1v) is 18.0. The number of rotatable bonds is 16. The van der Waals surface area contributed by atoms with E-state index in [1.165, 1.54) is 31.4 Å². The number of benzene rings is 2. The third-order valence-electron chi connectivity index (χ3n) is 9.11. The summed E-state index contributed by atoms with van der Waals surface area (Å²) in [4.78, 5) is 66.3. The van der Waals surface area contributed by atoms with E-state index in [-0.39, 0.29) is 53.3 Å². The lowest BCUT2D eigenvalue weighted by molar-refractivity contribution is -0.275. The predicted molar refractivity (Wildman–Crippen MR) is 207 cm³/mol. The molecule has 2 amide bonds. The van der Waals surface area contributed by atoms with Crippen LogP contribution in [0.5, 0.6) is 11.8 Å². The molecule has 0 saturated heterocycles. The highest BCUT2D eigenvalue weighted by molar-refractivity contribution is 6.45. The van der Waals surface area contributed by atoms with Crippen molar-refractivity contribution in [3.63, 3.8) is 0 Å². The quantitative estimate of drug-likeness (QED) is 0.0275. The molecular formula is C41H42F2N6O10. The largest absolute Gasteiger partial charge is 0.474 e. The molecule has 6 N–H and O–H groups in total. The van der Waals surface area contributed by atoms with Crippen LogP contribution in [0.25, 0.3) is 11.0 Å². The van der Waals surface area contributed by atoms with Gasteiger partial charge in [0.15, 0.2) is 6.29 Å². The summed E-state index contributed by atoms with van der Waals surface area (Å²) < 4.78 is 41.0. The molecule has 0 aliphatic heterocycles. The van der Waals surface area contributed by atoms with Crippen LogP contribution < -0.4 is 20.9 Å². The van der Waals surface area contributed by atoms with E-state index in [0.717, 1.165) is 16.8 Å². The minimum absolute atomic E-state index is 0.0313. The first-order chi connectivity index (χ1) is 28.0. The lowest BCUT2D eigenvalue weighted by Crippen LogP contribution is -2.24. The van der Waals surface area contributed by atoms with E-state index in [1.807, 2.05) is 6.92 Å². The van der Waals surface area contributed by atoms with E-state index in [9.17, 15) is 28.0 Å². The van der Waals surface area contributed by atoms with Crippen molar-refractivity contribution < 1.29 is 57.4 Å². The number of carbonyl (C=O) groups is 4. The fourth-order valence-corrected chi connectivity index (χ4v) is 6.44. The Balaban J connectivity index is 0.000000224. The number of aliphatic hydroxyl groups excluding tert-OH is 1. The summed E-state index contributed by atoms with van der Waals surface area (Å²) in [5.41, 5.74) is 16.5. The summed E-state index contributed by atoms with van der Waals surface area (Å²) in [5.74, 6) is -4.47. The molecule has 0 fully saturated rings. The SMILES string of the molecule is COOCCOc1nc(C)c(Cc2ccc(F)cc2)n2cc(C)c(C(=O)C(N)=O)c12.Cc1cn2c(Cc3ccc(F)cc3)c(C)nc(OCC(O)O)c2c1C(=O)C(N)=O. The number of hydrogen-bond acceptors (Lipinski definition) is 12. The standard InChI is InChI=1S/C21H22FN3O5.C20H20FN3O5/c1-12-11-25-16(10-14-4-6-15(22)7-5-14)13(2)24-21(29-8-9-30-28-3)18(25)17(12)19(26)20(23)27;1-10-8-24-14(7-12-3-5-13(21)6-4-12)11(2)23-20(29-9-15(25)26)17(24)16(10)18(27)19(22)28/h4-7,11H,8-10H2,1-3H3,(H2,23,27);3-6,8,15,25-26H,7,9H2,1-2H3,(H2,22,28). The fourth-order valence-electron chi connectivity index (χ4n) is 6.44. The van der Waals surface area contributed by atoms with Crippen molar-refractivity contribution in [1.82, 2.24) is 18.8 Å². The van der Waals surface area contributed by atoms with Gasteiger partial charge in [-0.3, -0.25) is 19.2 Å². The van der Waals surface area contributed by atoms with Crippen LogP contribution in [0.2, 0.25) is 0 Å². The Morgan fingerprint density at radius 1 is 0.678 bits per heavy atom. The molecule has 0 atom stereocenters. The summed E-state index contributed by atoms with van der Waals surface area (Å²) in [7, 11) is 1.38. The molecule has 2 aromatic carbocycles. The highest BCUT2D eigenvalue weighted by atomic mass is 19.1. The molecule has 18 heteroatoms. The number of aromatic nitrogens is 4. The van der Waals surface area contributed by atoms with Crippen LogP contribution in [0, 0.1) is 39.3 Å². The molecule has 6 aromatic rings. The smallest absolute Gasteiger partial charge is 0.289 e. The number of ether oxygens (including phenoxy) is 2. The van der Waals surface area contributed by atoms with Crippen molar-refractivity contribution in [3.8, 4) is 11.8 Å². The number of nitrogens with two attached hydrogens (primary N) is 2. The summed E-state index contributed by atoms with van der Waals surface area (Å²) in [5, 5.41) is 18.2. The molecule has 310 valence electrons. The van der Waals surface area contributed by atoms with E-state index < -0.39 is 36.3 Å². The van der Waals surface area contributed by atoms with Gasteiger partial charge in [-0.05, 0) is 74.2 Å². The number of halogens is 2. The predicted octanol–water partition coefficient (Wildman–Crippen LogP) is 3.34. The van der Waals surface area contributed by atoms with Crippen LogP contribution in [0.15, 0.2) is 60.9 Å².